The molecule has 0 amide bonds. The molecule has 3 aliphatic rings. The third-order valence-corrected chi connectivity index (χ3v) is 6.85. The van der Waals surface area contributed by atoms with E-state index >= 15 is 0 Å². The van der Waals surface area contributed by atoms with Crippen molar-refractivity contribution in [2.45, 2.75) is 57.2 Å². The molecule has 1 atom stereocenters. The van der Waals surface area contributed by atoms with E-state index in [1.165, 1.54) is 11.1 Å². The molecule has 1 fully saturated rings. The third-order valence-electron chi connectivity index (χ3n) is 6.85. The summed E-state index contributed by atoms with van der Waals surface area (Å²) in [5.41, 5.74) is 9.86. The molecule has 5 heteroatoms. The Morgan fingerprint density at radius 2 is 2.00 bits per heavy atom. The Morgan fingerprint density at radius 1 is 1.23 bits per heavy atom. The normalized spacial score (nSPS) is 25.3. The van der Waals surface area contributed by atoms with Gasteiger partial charge in [-0.2, -0.15) is 0 Å². The van der Waals surface area contributed by atoms with Crippen LogP contribution < -0.4 is 10.5 Å². The van der Waals surface area contributed by atoms with E-state index in [0.29, 0.717) is 12.6 Å². The minimum Gasteiger partial charge on any atom is -0.491 e. The molecule has 0 aliphatic carbocycles. The summed E-state index contributed by atoms with van der Waals surface area (Å²) in [5.74, 6) is 0.918. The van der Waals surface area contributed by atoms with Gasteiger partial charge in [-0.05, 0) is 88.5 Å². The Bertz CT molecular complexity index is 816. The van der Waals surface area contributed by atoms with Gasteiger partial charge >= 0.3 is 0 Å². The number of rotatable bonds is 4. The van der Waals surface area contributed by atoms with E-state index in [0.717, 1.165) is 68.7 Å². The second kappa shape index (κ2) is 8.83. The molecule has 0 bridgehead atoms. The van der Waals surface area contributed by atoms with Gasteiger partial charge in [0.15, 0.2) is 0 Å². The van der Waals surface area contributed by atoms with Crippen LogP contribution >= 0.6 is 0 Å². The number of aliphatic hydroxyl groups is 1. The van der Waals surface area contributed by atoms with Crippen molar-refractivity contribution < 1.29 is 9.84 Å². The van der Waals surface area contributed by atoms with Crippen molar-refractivity contribution in [1.82, 2.24) is 9.80 Å². The third kappa shape index (κ3) is 4.65. The second-order valence-corrected chi connectivity index (χ2v) is 9.61. The van der Waals surface area contributed by atoms with Crippen molar-refractivity contribution in [3.63, 3.8) is 0 Å². The predicted molar refractivity (Wildman–Crippen MR) is 123 cm³/mol. The van der Waals surface area contributed by atoms with E-state index < -0.39 is 5.60 Å². The van der Waals surface area contributed by atoms with Crippen LogP contribution in [0.4, 0.5) is 0 Å². The number of nitrogens with zero attached hydrogens (tertiary/aromatic N) is 2. The molecule has 30 heavy (non-hydrogen) atoms. The fourth-order valence-corrected chi connectivity index (χ4v) is 4.83. The highest BCUT2D eigenvalue weighted by atomic mass is 16.5. The molecule has 3 aliphatic heterocycles. The summed E-state index contributed by atoms with van der Waals surface area (Å²) < 4.78 is 6.27. The van der Waals surface area contributed by atoms with Crippen LogP contribution in [-0.4, -0.2) is 66.8 Å². The van der Waals surface area contributed by atoms with Crippen LogP contribution in [0.3, 0.4) is 0 Å². The highest BCUT2D eigenvalue weighted by Crippen LogP contribution is 2.40. The van der Waals surface area contributed by atoms with Crippen LogP contribution in [0.15, 0.2) is 35.9 Å². The minimum absolute atomic E-state index is 0.274. The number of hydrogen-bond donors (Lipinski definition) is 2. The van der Waals surface area contributed by atoms with Crippen LogP contribution in [-0.2, 0) is 5.60 Å². The summed E-state index contributed by atoms with van der Waals surface area (Å²) in [5, 5.41) is 10.6. The van der Waals surface area contributed by atoms with Gasteiger partial charge in [-0.3, -0.25) is 4.90 Å². The molecule has 1 aromatic carbocycles. The predicted octanol–water partition coefficient (Wildman–Crippen LogP) is 3.13. The molecule has 1 saturated heterocycles. The van der Waals surface area contributed by atoms with E-state index in [1.54, 1.807) is 0 Å². The Labute approximate surface area is 181 Å². The average Bonchev–Trinajstić information content (AvgIpc) is 2.86. The molecule has 164 valence electrons. The van der Waals surface area contributed by atoms with Crippen molar-refractivity contribution in [3.8, 4) is 5.75 Å². The first-order chi connectivity index (χ1) is 14.3. The maximum Gasteiger partial charge on any atom is 0.127 e. The Morgan fingerprint density at radius 3 is 2.73 bits per heavy atom. The zero-order valence-corrected chi connectivity index (χ0v) is 18.7. The summed E-state index contributed by atoms with van der Waals surface area (Å²) >= 11 is 0. The number of likely N-dealkylation sites (tertiary alicyclic amines) is 1. The van der Waals surface area contributed by atoms with E-state index in [9.17, 15) is 5.11 Å². The summed E-state index contributed by atoms with van der Waals surface area (Å²) in [4.78, 5) is 4.93. The molecule has 4 rings (SSSR count). The van der Waals surface area contributed by atoms with E-state index in [-0.39, 0.29) is 6.04 Å². The van der Waals surface area contributed by atoms with E-state index in [1.807, 2.05) is 26.0 Å². The van der Waals surface area contributed by atoms with Crippen molar-refractivity contribution in [1.29, 1.82) is 0 Å². The van der Waals surface area contributed by atoms with Gasteiger partial charge in [0.1, 0.15) is 12.4 Å². The van der Waals surface area contributed by atoms with Crippen molar-refractivity contribution >= 4 is 5.57 Å². The Kier molecular flexibility index (Phi) is 6.35. The number of hydrogen-bond acceptors (Lipinski definition) is 5. The fourth-order valence-electron chi connectivity index (χ4n) is 4.83. The first kappa shape index (κ1) is 21.6. The quantitative estimate of drug-likeness (QED) is 0.797. The van der Waals surface area contributed by atoms with Crippen LogP contribution in [0, 0.1) is 0 Å². The lowest BCUT2D eigenvalue weighted by Gasteiger charge is -2.33. The van der Waals surface area contributed by atoms with E-state index in [4.69, 9.17) is 10.5 Å². The fraction of sp³-hybridized carbons (Fsp3) is 0.600. The molecular formula is C25H37N3O2. The van der Waals surface area contributed by atoms with Gasteiger partial charge in [0.2, 0.25) is 0 Å². The van der Waals surface area contributed by atoms with Crippen LogP contribution in [0.2, 0.25) is 0 Å². The molecule has 3 N–H and O–H groups in total. The van der Waals surface area contributed by atoms with Crippen molar-refractivity contribution in [3.05, 3.63) is 47.1 Å². The SMILES string of the molecule is CN1CCC=C2/C(=C\CCN3CCC(N)CC3)c3cc(C(C)(C)O)ccc3OCC21. The van der Waals surface area contributed by atoms with Gasteiger partial charge in [-0.1, -0.05) is 18.2 Å². The highest BCUT2D eigenvalue weighted by molar-refractivity contribution is 5.84. The maximum absolute atomic E-state index is 10.6. The zero-order chi connectivity index (χ0) is 21.3. The van der Waals surface area contributed by atoms with Gasteiger partial charge in [0, 0.05) is 24.7 Å². The van der Waals surface area contributed by atoms with Gasteiger partial charge in [-0.25, -0.2) is 0 Å². The molecule has 0 aromatic heterocycles. The molecule has 0 spiro atoms. The summed E-state index contributed by atoms with van der Waals surface area (Å²) in [6.45, 7) is 8.66. The summed E-state index contributed by atoms with van der Waals surface area (Å²) in [6, 6.07) is 6.78. The summed E-state index contributed by atoms with van der Waals surface area (Å²) in [7, 11) is 2.19. The first-order valence-corrected chi connectivity index (χ1v) is 11.4. The zero-order valence-electron chi connectivity index (χ0n) is 18.7. The molecule has 5 nitrogen and oxygen atoms in total. The number of ether oxygens (including phenoxy) is 1. The van der Waals surface area contributed by atoms with Gasteiger partial charge in [0.25, 0.3) is 0 Å². The first-order valence-electron chi connectivity index (χ1n) is 11.4. The molecule has 0 radical (unpaired) electrons. The van der Waals surface area contributed by atoms with Crippen molar-refractivity contribution in [2.75, 3.05) is 39.8 Å². The Hall–Kier alpha value is -1.66. The lowest BCUT2D eigenvalue weighted by atomic mass is 9.86. The molecular weight excluding hydrogens is 374 g/mol. The van der Waals surface area contributed by atoms with Gasteiger partial charge in [-0.15, -0.1) is 0 Å². The monoisotopic (exact) mass is 411 g/mol. The van der Waals surface area contributed by atoms with Crippen LogP contribution in [0.1, 0.15) is 50.7 Å². The molecule has 0 saturated carbocycles. The lowest BCUT2D eigenvalue weighted by molar-refractivity contribution is 0.0785. The topological polar surface area (TPSA) is 62.0 Å². The van der Waals surface area contributed by atoms with Crippen LogP contribution in [0.25, 0.3) is 5.57 Å². The second-order valence-electron chi connectivity index (χ2n) is 9.61. The van der Waals surface area contributed by atoms with E-state index in [2.05, 4.69) is 35.1 Å². The molecule has 1 aromatic rings. The molecule has 1 unspecified atom stereocenters. The minimum atomic E-state index is -0.879. The standard InChI is InChI=1S/C25H37N3O2/c1-25(2,29)18-8-9-24-22(16-18)20(6-5-13-28-14-10-19(26)11-15-28)21-7-4-12-27(3)23(21)17-30-24/h6-9,16,19,23,29H,4-5,10-15,17,26H2,1-3H3/b20-6+. The lowest BCUT2D eigenvalue weighted by Crippen LogP contribution is -2.40. The largest absolute Gasteiger partial charge is 0.491 e. The van der Waals surface area contributed by atoms with Crippen molar-refractivity contribution in [2.24, 2.45) is 5.73 Å². The summed E-state index contributed by atoms with van der Waals surface area (Å²) in [6.07, 6.45) is 9.05. The number of nitrogens with two attached hydrogens (primary N) is 1. The van der Waals surface area contributed by atoms with Crippen LogP contribution in [0.5, 0.6) is 5.75 Å². The van der Waals surface area contributed by atoms with Gasteiger partial charge < -0.3 is 20.5 Å². The molecule has 3 heterocycles. The number of piperidine rings is 1. The smallest absolute Gasteiger partial charge is 0.127 e. The number of benzene rings is 1. The Balaban J connectivity index is 1.65. The van der Waals surface area contributed by atoms with Gasteiger partial charge in [0.05, 0.1) is 11.6 Å². The average molecular weight is 412 g/mol. The number of fused-ring (bicyclic) bond motifs is 2. The maximum atomic E-state index is 10.6. The number of likely N-dealkylation sites (N-methyl/N-ethyl adjacent to an activating group) is 1. The highest BCUT2D eigenvalue weighted by Gasteiger charge is 2.31.